The molecule has 5 nitrogen and oxygen atoms in total. The predicted molar refractivity (Wildman–Crippen MR) is 83.4 cm³/mol. The monoisotopic (exact) mass is 287 g/mol. The van der Waals surface area contributed by atoms with Crippen molar-refractivity contribution < 1.29 is 9.31 Å². The molecule has 1 saturated heterocycles. The standard InChI is InChI=1S/C15H22BN3O2/c1-14(2)15(3,4)21-16(20-14)12-6-7-17-13(8-12)11-9-18-19(5)10-11/h8-10H,6-7H2,1-5H3. The van der Waals surface area contributed by atoms with Gasteiger partial charge in [-0.2, -0.15) is 5.10 Å². The van der Waals surface area contributed by atoms with E-state index in [1.54, 1.807) is 4.68 Å². The number of rotatable bonds is 2. The largest absolute Gasteiger partial charge is 0.490 e. The summed E-state index contributed by atoms with van der Waals surface area (Å²) < 4.78 is 14.0. The van der Waals surface area contributed by atoms with E-state index in [1.165, 1.54) is 0 Å². The molecule has 1 aromatic rings. The van der Waals surface area contributed by atoms with Crippen LogP contribution in [0.2, 0.25) is 0 Å². The molecule has 1 aromatic heterocycles. The molecular formula is C15H22BN3O2. The molecule has 0 atom stereocenters. The van der Waals surface area contributed by atoms with Crippen LogP contribution in [-0.2, 0) is 16.4 Å². The van der Waals surface area contributed by atoms with E-state index in [0.717, 1.165) is 29.7 Å². The normalized spacial score (nSPS) is 24.0. The van der Waals surface area contributed by atoms with Crippen molar-refractivity contribution in [3.05, 3.63) is 29.5 Å². The molecule has 0 aliphatic carbocycles. The van der Waals surface area contributed by atoms with Crippen LogP contribution in [0.25, 0.3) is 0 Å². The van der Waals surface area contributed by atoms with E-state index >= 15 is 0 Å². The van der Waals surface area contributed by atoms with Crippen LogP contribution < -0.4 is 0 Å². The summed E-state index contributed by atoms with van der Waals surface area (Å²) in [6, 6.07) is 0. The van der Waals surface area contributed by atoms with E-state index in [0.29, 0.717) is 0 Å². The molecule has 0 unspecified atom stereocenters. The van der Waals surface area contributed by atoms with Crippen LogP contribution in [0, 0.1) is 0 Å². The van der Waals surface area contributed by atoms with Gasteiger partial charge in [0.1, 0.15) is 0 Å². The maximum Gasteiger partial charge on any atom is 0.490 e. The Bertz CT molecular complexity index is 600. The Morgan fingerprint density at radius 2 is 1.86 bits per heavy atom. The van der Waals surface area contributed by atoms with Crippen molar-refractivity contribution in [3.8, 4) is 0 Å². The van der Waals surface area contributed by atoms with Gasteiger partial charge in [0.25, 0.3) is 0 Å². The Kier molecular flexibility index (Phi) is 3.33. The van der Waals surface area contributed by atoms with Crippen LogP contribution in [0.3, 0.4) is 0 Å². The van der Waals surface area contributed by atoms with Crippen LogP contribution in [-0.4, -0.2) is 40.4 Å². The van der Waals surface area contributed by atoms with Crippen LogP contribution in [0.4, 0.5) is 0 Å². The summed E-state index contributed by atoms with van der Waals surface area (Å²) in [7, 11) is 1.63. The second-order valence-corrected chi connectivity index (χ2v) is 6.73. The fourth-order valence-electron chi connectivity index (χ4n) is 2.51. The molecule has 0 aromatic carbocycles. The van der Waals surface area contributed by atoms with Gasteiger partial charge in [-0.25, -0.2) is 0 Å². The number of aromatic nitrogens is 2. The summed E-state index contributed by atoms with van der Waals surface area (Å²) in [5, 5.41) is 4.20. The quantitative estimate of drug-likeness (QED) is 0.783. The van der Waals surface area contributed by atoms with Gasteiger partial charge in [0.15, 0.2) is 0 Å². The first-order valence-corrected chi connectivity index (χ1v) is 7.38. The number of nitrogens with zero attached hydrogens (tertiary/aromatic N) is 3. The van der Waals surface area contributed by atoms with Crippen molar-refractivity contribution in [3.63, 3.8) is 0 Å². The average molecular weight is 287 g/mol. The van der Waals surface area contributed by atoms with E-state index in [2.05, 4.69) is 43.9 Å². The van der Waals surface area contributed by atoms with Crippen LogP contribution in [0.1, 0.15) is 39.7 Å². The van der Waals surface area contributed by atoms with Gasteiger partial charge in [0.05, 0.1) is 23.1 Å². The van der Waals surface area contributed by atoms with Gasteiger partial charge in [-0.15, -0.1) is 0 Å². The second-order valence-electron chi connectivity index (χ2n) is 6.73. The summed E-state index contributed by atoms with van der Waals surface area (Å²) >= 11 is 0. The Hall–Kier alpha value is -1.40. The van der Waals surface area contributed by atoms with Gasteiger partial charge in [-0.1, -0.05) is 0 Å². The Morgan fingerprint density at radius 3 is 2.43 bits per heavy atom. The lowest BCUT2D eigenvalue weighted by Crippen LogP contribution is -2.41. The maximum atomic E-state index is 6.13. The Morgan fingerprint density at radius 1 is 1.19 bits per heavy atom. The molecule has 3 heterocycles. The highest BCUT2D eigenvalue weighted by Crippen LogP contribution is 2.39. The molecule has 21 heavy (non-hydrogen) atoms. The third-order valence-corrected chi connectivity index (χ3v) is 4.56. The number of hydrogen-bond donors (Lipinski definition) is 0. The number of aryl methyl sites for hydroxylation is 1. The minimum Gasteiger partial charge on any atom is -0.400 e. The topological polar surface area (TPSA) is 48.6 Å². The van der Waals surface area contributed by atoms with Gasteiger partial charge in [-0.3, -0.25) is 9.67 Å². The number of dihydropyridines is 1. The molecule has 6 heteroatoms. The van der Waals surface area contributed by atoms with Crippen LogP contribution in [0.5, 0.6) is 0 Å². The van der Waals surface area contributed by atoms with Crippen molar-refractivity contribution in [2.45, 2.75) is 45.3 Å². The highest BCUT2D eigenvalue weighted by molar-refractivity contribution is 6.55. The predicted octanol–water partition coefficient (Wildman–Crippen LogP) is 2.17. The van der Waals surface area contributed by atoms with Crippen molar-refractivity contribution >= 4 is 12.8 Å². The van der Waals surface area contributed by atoms with Crippen LogP contribution >= 0.6 is 0 Å². The zero-order valence-electron chi connectivity index (χ0n) is 13.4. The average Bonchev–Trinajstić information content (AvgIpc) is 2.92. The van der Waals surface area contributed by atoms with Gasteiger partial charge < -0.3 is 9.31 Å². The molecule has 2 aliphatic rings. The Balaban J connectivity index is 1.84. The van der Waals surface area contributed by atoms with E-state index < -0.39 is 0 Å². The third kappa shape index (κ3) is 2.58. The van der Waals surface area contributed by atoms with Crippen LogP contribution in [0.15, 0.2) is 28.9 Å². The summed E-state index contributed by atoms with van der Waals surface area (Å²) in [6.45, 7) is 9.07. The number of aliphatic imine (C=N–C) groups is 1. The molecule has 0 bridgehead atoms. The Labute approximate surface area is 126 Å². The van der Waals surface area contributed by atoms with Gasteiger partial charge in [-0.05, 0) is 45.7 Å². The van der Waals surface area contributed by atoms with E-state index in [-0.39, 0.29) is 18.3 Å². The lowest BCUT2D eigenvalue weighted by Gasteiger charge is -2.32. The number of hydrogen-bond acceptors (Lipinski definition) is 4. The van der Waals surface area contributed by atoms with E-state index in [1.807, 2.05) is 19.4 Å². The van der Waals surface area contributed by atoms with Crippen molar-refractivity contribution in [2.75, 3.05) is 6.54 Å². The molecule has 0 N–H and O–H groups in total. The van der Waals surface area contributed by atoms with Crippen molar-refractivity contribution in [1.82, 2.24) is 9.78 Å². The zero-order valence-corrected chi connectivity index (χ0v) is 13.4. The molecular weight excluding hydrogens is 265 g/mol. The van der Waals surface area contributed by atoms with Gasteiger partial charge in [0, 0.05) is 25.4 Å². The fourth-order valence-corrected chi connectivity index (χ4v) is 2.51. The first kappa shape index (κ1) is 14.5. The molecule has 0 saturated carbocycles. The highest BCUT2D eigenvalue weighted by Gasteiger charge is 2.52. The molecule has 0 radical (unpaired) electrons. The van der Waals surface area contributed by atoms with Crippen molar-refractivity contribution in [2.24, 2.45) is 12.0 Å². The first-order valence-electron chi connectivity index (χ1n) is 7.38. The second kappa shape index (κ2) is 4.82. The third-order valence-electron chi connectivity index (χ3n) is 4.56. The minimum absolute atomic E-state index is 0.280. The fraction of sp³-hybridized carbons (Fsp3) is 0.600. The van der Waals surface area contributed by atoms with E-state index in [4.69, 9.17) is 9.31 Å². The smallest absolute Gasteiger partial charge is 0.400 e. The first-order chi connectivity index (χ1) is 9.78. The summed E-state index contributed by atoms with van der Waals surface area (Å²) in [6.07, 6.45) is 6.77. The zero-order chi connectivity index (χ0) is 15.3. The lowest BCUT2D eigenvalue weighted by molar-refractivity contribution is 0.00578. The minimum atomic E-state index is -0.304. The summed E-state index contributed by atoms with van der Waals surface area (Å²) in [4.78, 5) is 4.58. The molecule has 1 fully saturated rings. The molecule has 3 rings (SSSR count). The van der Waals surface area contributed by atoms with Gasteiger partial charge >= 0.3 is 7.12 Å². The molecule has 112 valence electrons. The molecule has 0 spiro atoms. The highest BCUT2D eigenvalue weighted by atomic mass is 16.7. The number of allylic oxidation sites excluding steroid dienone is 1. The van der Waals surface area contributed by atoms with Crippen molar-refractivity contribution in [1.29, 1.82) is 0 Å². The molecule has 0 amide bonds. The lowest BCUT2D eigenvalue weighted by atomic mass is 9.74. The van der Waals surface area contributed by atoms with E-state index in [9.17, 15) is 0 Å². The van der Waals surface area contributed by atoms with Gasteiger partial charge in [0.2, 0.25) is 0 Å². The molecule has 2 aliphatic heterocycles. The summed E-state index contributed by atoms with van der Waals surface area (Å²) in [5.41, 5.74) is 2.54. The summed E-state index contributed by atoms with van der Waals surface area (Å²) in [5.74, 6) is 0. The maximum absolute atomic E-state index is 6.13. The SMILES string of the molecule is Cn1cc(C2=NCCC(B3OC(C)(C)C(C)(C)O3)=C2)cn1.